The van der Waals surface area contributed by atoms with Gasteiger partial charge in [0.15, 0.2) is 4.90 Å². The predicted octanol–water partition coefficient (Wildman–Crippen LogP) is 2.36. The SMILES string of the molecule is Cc1ccc(C)c(C(=O)N2CCN(S(=O)(=O)c3ccccc3[N+](=O)[O-])CC2)c1. The van der Waals surface area contributed by atoms with Gasteiger partial charge in [-0.3, -0.25) is 14.9 Å². The van der Waals surface area contributed by atoms with E-state index in [4.69, 9.17) is 0 Å². The minimum atomic E-state index is -4.01. The average molecular weight is 403 g/mol. The second kappa shape index (κ2) is 7.69. The fraction of sp³-hybridized carbons (Fsp3) is 0.316. The Labute approximate surface area is 163 Å². The molecule has 0 spiro atoms. The Morgan fingerprint density at radius 2 is 1.68 bits per heavy atom. The first kappa shape index (κ1) is 20.0. The number of nitro groups is 1. The van der Waals surface area contributed by atoms with E-state index in [9.17, 15) is 23.3 Å². The predicted molar refractivity (Wildman–Crippen MR) is 104 cm³/mol. The Kier molecular flexibility index (Phi) is 5.48. The molecule has 0 bridgehead atoms. The summed E-state index contributed by atoms with van der Waals surface area (Å²) in [5.41, 5.74) is 2.00. The number of nitrogens with zero attached hydrogens (tertiary/aromatic N) is 3. The summed E-state index contributed by atoms with van der Waals surface area (Å²) < 4.78 is 26.9. The van der Waals surface area contributed by atoms with Crippen LogP contribution < -0.4 is 0 Å². The molecule has 1 aliphatic heterocycles. The van der Waals surface area contributed by atoms with Crippen LogP contribution in [0.3, 0.4) is 0 Å². The zero-order valence-electron chi connectivity index (χ0n) is 15.7. The van der Waals surface area contributed by atoms with Crippen molar-refractivity contribution in [3.63, 3.8) is 0 Å². The van der Waals surface area contributed by atoms with Gasteiger partial charge in [-0.25, -0.2) is 8.42 Å². The molecular formula is C19H21N3O5S. The Hall–Kier alpha value is -2.78. The second-order valence-corrected chi connectivity index (χ2v) is 8.65. The minimum Gasteiger partial charge on any atom is -0.336 e. The maximum atomic E-state index is 12.9. The number of carbonyl (C=O) groups is 1. The Morgan fingerprint density at radius 3 is 2.32 bits per heavy atom. The highest BCUT2D eigenvalue weighted by Crippen LogP contribution is 2.27. The van der Waals surface area contributed by atoms with Crippen molar-refractivity contribution in [3.05, 3.63) is 69.3 Å². The number of piperazine rings is 1. The van der Waals surface area contributed by atoms with E-state index in [1.807, 2.05) is 32.0 Å². The van der Waals surface area contributed by atoms with E-state index in [1.54, 1.807) is 4.90 Å². The fourth-order valence-corrected chi connectivity index (χ4v) is 4.81. The van der Waals surface area contributed by atoms with Crippen LogP contribution in [0.1, 0.15) is 21.5 Å². The zero-order valence-corrected chi connectivity index (χ0v) is 16.5. The highest BCUT2D eigenvalue weighted by Gasteiger charge is 2.34. The first-order chi connectivity index (χ1) is 13.2. The molecule has 8 nitrogen and oxygen atoms in total. The molecule has 0 aliphatic carbocycles. The molecule has 0 saturated carbocycles. The van der Waals surface area contributed by atoms with Gasteiger partial charge in [0.05, 0.1) is 4.92 Å². The Balaban J connectivity index is 1.77. The molecule has 1 amide bonds. The van der Waals surface area contributed by atoms with E-state index in [1.165, 1.54) is 28.6 Å². The zero-order chi connectivity index (χ0) is 20.5. The normalized spacial score (nSPS) is 15.4. The molecule has 28 heavy (non-hydrogen) atoms. The van der Waals surface area contributed by atoms with Gasteiger partial charge in [0.1, 0.15) is 0 Å². The molecule has 0 N–H and O–H groups in total. The lowest BCUT2D eigenvalue weighted by Gasteiger charge is -2.34. The van der Waals surface area contributed by atoms with Gasteiger partial charge in [-0.05, 0) is 31.5 Å². The smallest absolute Gasteiger partial charge is 0.289 e. The number of para-hydroxylation sites is 1. The van der Waals surface area contributed by atoms with Crippen LogP contribution in [0.4, 0.5) is 5.69 Å². The molecule has 2 aromatic rings. The molecule has 1 aliphatic rings. The lowest BCUT2D eigenvalue weighted by molar-refractivity contribution is -0.387. The van der Waals surface area contributed by atoms with Gasteiger partial charge in [-0.2, -0.15) is 4.31 Å². The number of hydrogen-bond acceptors (Lipinski definition) is 5. The first-order valence-corrected chi connectivity index (χ1v) is 10.3. The van der Waals surface area contributed by atoms with Crippen LogP contribution in [0, 0.1) is 24.0 Å². The van der Waals surface area contributed by atoms with Gasteiger partial charge in [0.25, 0.3) is 11.6 Å². The van der Waals surface area contributed by atoms with Crippen molar-refractivity contribution in [2.75, 3.05) is 26.2 Å². The van der Waals surface area contributed by atoms with E-state index in [-0.39, 0.29) is 37.0 Å². The summed E-state index contributed by atoms with van der Waals surface area (Å²) in [5.74, 6) is -0.135. The Morgan fingerprint density at radius 1 is 1.04 bits per heavy atom. The van der Waals surface area contributed by atoms with E-state index >= 15 is 0 Å². The van der Waals surface area contributed by atoms with Gasteiger partial charge in [-0.1, -0.05) is 29.8 Å². The summed E-state index contributed by atoms with van der Waals surface area (Å²) in [4.78, 5) is 24.6. The maximum Gasteiger partial charge on any atom is 0.289 e. The summed E-state index contributed by atoms with van der Waals surface area (Å²) in [6, 6.07) is 10.9. The van der Waals surface area contributed by atoms with Crippen molar-refractivity contribution in [1.29, 1.82) is 0 Å². The van der Waals surface area contributed by atoms with Crippen molar-refractivity contribution < 1.29 is 18.1 Å². The number of carbonyl (C=O) groups excluding carboxylic acids is 1. The van der Waals surface area contributed by atoms with E-state index in [0.29, 0.717) is 5.56 Å². The first-order valence-electron chi connectivity index (χ1n) is 8.82. The highest BCUT2D eigenvalue weighted by molar-refractivity contribution is 7.89. The van der Waals surface area contributed by atoms with Gasteiger partial charge in [-0.15, -0.1) is 0 Å². The van der Waals surface area contributed by atoms with Crippen LogP contribution in [0.5, 0.6) is 0 Å². The average Bonchev–Trinajstić information content (AvgIpc) is 2.69. The van der Waals surface area contributed by atoms with Gasteiger partial charge in [0.2, 0.25) is 10.0 Å². The molecule has 9 heteroatoms. The molecule has 3 rings (SSSR count). The lowest BCUT2D eigenvalue weighted by Crippen LogP contribution is -2.50. The molecule has 2 aromatic carbocycles. The van der Waals surface area contributed by atoms with Crippen molar-refractivity contribution in [3.8, 4) is 0 Å². The van der Waals surface area contributed by atoms with Gasteiger partial charge < -0.3 is 4.90 Å². The highest BCUT2D eigenvalue weighted by atomic mass is 32.2. The largest absolute Gasteiger partial charge is 0.336 e. The second-order valence-electron chi connectivity index (χ2n) is 6.74. The van der Waals surface area contributed by atoms with Crippen LogP contribution in [0.25, 0.3) is 0 Å². The van der Waals surface area contributed by atoms with Crippen molar-refractivity contribution in [2.24, 2.45) is 0 Å². The number of rotatable bonds is 4. The van der Waals surface area contributed by atoms with Gasteiger partial charge in [0, 0.05) is 37.8 Å². The summed E-state index contributed by atoms with van der Waals surface area (Å²) in [6.07, 6.45) is 0. The van der Waals surface area contributed by atoms with Crippen LogP contribution in [0.2, 0.25) is 0 Å². The van der Waals surface area contributed by atoms with Gasteiger partial charge >= 0.3 is 0 Å². The van der Waals surface area contributed by atoms with Crippen molar-refractivity contribution in [2.45, 2.75) is 18.7 Å². The quantitative estimate of drug-likeness (QED) is 0.576. The Bertz CT molecular complexity index is 1030. The maximum absolute atomic E-state index is 12.9. The molecule has 0 unspecified atom stereocenters. The number of amides is 1. The number of sulfonamides is 1. The molecule has 1 fully saturated rings. The van der Waals surface area contributed by atoms with E-state index < -0.39 is 20.6 Å². The van der Waals surface area contributed by atoms with Crippen LogP contribution in [-0.2, 0) is 10.0 Å². The molecular weight excluding hydrogens is 382 g/mol. The molecule has 0 aromatic heterocycles. The minimum absolute atomic E-state index is 0.0883. The molecule has 1 saturated heterocycles. The third-order valence-electron chi connectivity index (χ3n) is 4.83. The van der Waals surface area contributed by atoms with E-state index in [0.717, 1.165) is 11.1 Å². The standard InChI is InChI=1S/C19H21N3O5S/c1-14-7-8-15(2)16(13-14)19(23)20-9-11-21(12-10-20)28(26,27)18-6-4-3-5-17(18)22(24)25/h3-8,13H,9-12H2,1-2H3. The van der Waals surface area contributed by atoms with Crippen LogP contribution in [0.15, 0.2) is 47.4 Å². The lowest BCUT2D eigenvalue weighted by atomic mass is 10.0. The monoisotopic (exact) mass is 403 g/mol. The molecule has 0 radical (unpaired) electrons. The van der Waals surface area contributed by atoms with Crippen molar-refractivity contribution in [1.82, 2.24) is 9.21 Å². The summed E-state index contributed by atoms with van der Waals surface area (Å²) in [6.45, 7) is 4.41. The summed E-state index contributed by atoms with van der Waals surface area (Å²) >= 11 is 0. The van der Waals surface area contributed by atoms with E-state index in [2.05, 4.69) is 0 Å². The molecule has 0 atom stereocenters. The molecule has 1 heterocycles. The number of nitro benzene ring substituents is 1. The van der Waals surface area contributed by atoms with Crippen molar-refractivity contribution >= 4 is 21.6 Å². The number of aryl methyl sites for hydroxylation is 2. The third-order valence-corrected chi connectivity index (χ3v) is 6.78. The number of hydrogen-bond donors (Lipinski definition) is 0. The number of benzene rings is 2. The molecule has 148 valence electrons. The fourth-order valence-electron chi connectivity index (χ4n) is 3.23. The summed E-state index contributed by atoms with van der Waals surface area (Å²) in [5, 5.41) is 11.2. The summed E-state index contributed by atoms with van der Waals surface area (Å²) in [7, 11) is -4.01. The van der Waals surface area contributed by atoms with Crippen LogP contribution >= 0.6 is 0 Å². The topological polar surface area (TPSA) is 101 Å². The third kappa shape index (κ3) is 3.76. The van der Waals surface area contributed by atoms with Crippen LogP contribution in [-0.4, -0.2) is 54.6 Å².